The molecule has 6 N–H and O–H groups in total. The van der Waals surface area contributed by atoms with E-state index in [2.05, 4.69) is 25.4 Å². The van der Waals surface area contributed by atoms with E-state index in [0.29, 0.717) is 5.02 Å². The molecule has 2 unspecified atom stereocenters. The highest BCUT2D eigenvalue weighted by Gasteiger charge is 2.35. The number of aromatic amines is 1. The van der Waals surface area contributed by atoms with Gasteiger partial charge in [0.25, 0.3) is 5.56 Å². The maximum absolute atomic E-state index is 13.8. The van der Waals surface area contributed by atoms with Crippen LogP contribution < -0.4 is 20.9 Å². The SMILES string of the molecule is CC(C)OC(=O)[C@H](C)NP(=O)(OC[C@@H](O[C@H](CO)c1nnc2c(=O)[nH]c(N)nn12)C(C)O)Oc1ccc(Cl)cc1. The van der Waals surface area contributed by atoms with E-state index in [1.54, 1.807) is 13.8 Å². The van der Waals surface area contributed by atoms with Crippen LogP contribution in [0.2, 0.25) is 5.02 Å². The van der Waals surface area contributed by atoms with Gasteiger partial charge in [0.1, 0.15) is 24.0 Å². The highest BCUT2D eigenvalue weighted by Crippen LogP contribution is 2.45. The molecule has 18 heteroatoms. The van der Waals surface area contributed by atoms with Crippen LogP contribution in [-0.2, 0) is 23.4 Å². The molecule has 0 saturated carbocycles. The minimum Gasteiger partial charge on any atom is -0.462 e. The van der Waals surface area contributed by atoms with Crippen molar-refractivity contribution in [2.24, 2.45) is 0 Å². The second-order valence-electron chi connectivity index (χ2n) is 8.89. The van der Waals surface area contributed by atoms with Crippen LogP contribution in [0.3, 0.4) is 0 Å². The summed E-state index contributed by atoms with van der Waals surface area (Å²) in [6, 6.07) is 4.77. The summed E-state index contributed by atoms with van der Waals surface area (Å²) >= 11 is 5.91. The summed E-state index contributed by atoms with van der Waals surface area (Å²) in [7, 11) is -4.32. The Hall–Kier alpha value is -3.11. The molecule has 0 amide bonds. The first-order chi connectivity index (χ1) is 18.8. The summed E-state index contributed by atoms with van der Waals surface area (Å²) in [5, 5.41) is 34.8. The monoisotopic (exact) mass is 603 g/mol. The molecule has 3 rings (SSSR count). The van der Waals surface area contributed by atoms with Gasteiger partial charge in [-0.1, -0.05) is 11.6 Å². The van der Waals surface area contributed by atoms with Crippen LogP contribution in [0.1, 0.15) is 39.6 Å². The fourth-order valence-electron chi connectivity index (χ4n) is 3.25. The molecule has 1 aromatic carbocycles. The number of esters is 1. The zero-order chi connectivity index (χ0) is 29.6. The lowest BCUT2D eigenvalue weighted by atomic mass is 10.2. The van der Waals surface area contributed by atoms with Crippen LogP contribution in [0.15, 0.2) is 29.1 Å². The summed E-state index contributed by atoms with van der Waals surface area (Å²) in [6.07, 6.45) is -4.16. The maximum atomic E-state index is 13.8. The van der Waals surface area contributed by atoms with Gasteiger partial charge in [0.15, 0.2) is 5.82 Å². The Kier molecular flexibility index (Phi) is 10.6. The number of anilines is 1. The van der Waals surface area contributed by atoms with E-state index in [1.807, 2.05) is 0 Å². The molecule has 0 radical (unpaired) electrons. The molecule has 2 heterocycles. The molecule has 0 spiro atoms. The zero-order valence-corrected chi connectivity index (χ0v) is 23.7. The van der Waals surface area contributed by atoms with Crippen molar-refractivity contribution >= 4 is 36.9 Å². The number of nitrogens with zero attached hydrogens (tertiary/aromatic N) is 4. The zero-order valence-electron chi connectivity index (χ0n) is 22.1. The lowest BCUT2D eigenvalue weighted by molar-refractivity contribution is -0.149. The maximum Gasteiger partial charge on any atom is 0.459 e. The summed E-state index contributed by atoms with van der Waals surface area (Å²) in [6.45, 7) is 4.87. The molecule has 3 aromatic rings. The van der Waals surface area contributed by atoms with E-state index in [4.69, 9.17) is 35.9 Å². The lowest BCUT2D eigenvalue weighted by Gasteiger charge is -2.28. The van der Waals surface area contributed by atoms with Crippen molar-refractivity contribution in [2.75, 3.05) is 18.9 Å². The largest absolute Gasteiger partial charge is 0.462 e. The Morgan fingerprint density at radius 2 is 1.90 bits per heavy atom. The van der Waals surface area contributed by atoms with Crippen LogP contribution >= 0.6 is 19.3 Å². The van der Waals surface area contributed by atoms with Gasteiger partial charge in [-0.3, -0.25) is 19.1 Å². The number of nitrogen functional groups attached to an aromatic ring is 1. The first-order valence-electron chi connectivity index (χ1n) is 12.1. The number of hydrogen-bond donors (Lipinski definition) is 5. The van der Waals surface area contributed by atoms with Gasteiger partial charge in [0, 0.05) is 5.02 Å². The number of hydrogen-bond acceptors (Lipinski definition) is 13. The van der Waals surface area contributed by atoms with E-state index in [0.717, 1.165) is 4.52 Å². The molecule has 0 fully saturated rings. The number of benzene rings is 1. The van der Waals surface area contributed by atoms with Gasteiger partial charge in [-0.25, -0.2) is 4.57 Å². The minimum absolute atomic E-state index is 0.0928. The average Bonchev–Trinajstić information content (AvgIpc) is 3.29. The number of ether oxygens (including phenoxy) is 2. The molecule has 0 bridgehead atoms. The molecule has 0 saturated heterocycles. The number of aliphatic hydroxyl groups excluding tert-OH is 2. The smallest absolute Gasteiger partial charge is 0.459 e. The van der Waals surface area contributed by atoms with Crippen molar-refractivity contribution in [1.29, 1.82) is 0 Å². The predicted octanol–water partition coefficient (Wildman–Crippen LogP) is 0.981. The van der Waals surface area contributed by atoms with Gasteiger partial charge >= 0.3 is 13.7 Å². The number of nitrogens with one attached hydrogen (secondary N) is 2. The summed E-state index contributed by atoms with van der Waals surface area (Å²) in [5.41, 5.74) is 4.72. The Morgan fingerprint density at radius 1 is 1.23 bits per heavy atom. The number of rotatable bonds is 14. The Morgan fingerprint density at radius 3 is 2.50 bits per heavy atom. The Labute approximate surface area is 233 Å². The third-order valence-corrected chi connectivity index (χ3v) is 7.05. The van der Waals surface area contributed by atoms with Crippen LogP contribution in [0.25, 0.3) is 5.65 Å². The number of fused-ring (bicyclic) bond motifs is 1. The standard InChI is InChI=1S/C22H31ClN7O9P/c1-11(2)37-21(34)12(3)29-40(35,39-15-7-5-14(23)6-8-15)36-10-17(13(4)32)38-16(9-31)18-26-27-19-20(33)25-22(24)28-30(18)19/h5-8,11-13,16-17,31-32H,9-10H2,1-4H3,(H,29,35)(H3,24,25,28,33)/t12-,13?,16+,17+,40?/m0/s1. The van der Waals surface area contributed by atoms with Crippen molar-refractivity contribution in [1.82, 2.24) is 29.9 Å². The molecule has 0 aliphatic carbocycles. The average molecular weight is 604 g/mol. The first-order valence-corrected chi connectivity index (χ1v) is 14.0. The molecule has 5 atom stereocenters. The van der Waals surface area contributed by atoms with Crippen LogP contribution in [0.5, 0.6) is 5.75 Å². The number of aliphatic hydroxyl groups is 2. The van der Waals surface area contributed by atoms with E-state index in [-0.39, 0.29) is 23.2 Å². The minimum atomic E-state index is -4.32. The van der Waals surface area contributed by atoms with Crippen molar-refractivity contribution in [3.63, 3.8) is 0 Å². The third-order valence-electron chi connectivity index (χ3n) is 5.15. The lowest BCUT2D eigenvalue weighted by Crippen LogP contribution is -2.38. The molecule has 2 aromatic heterocycles. The summed E-state index contributed by atoms with van der Waals surface area (Å²) in [4.78, 5) is 26.7. The second-order valence-corrected chi connectivity index (χ2v) is 11.0. The second kappa shape index (κ2) is 13.5. The highest BCUT2D eigenvalue weighted by atomic mass is 35.5. The molecule has 0 aliphatic heterocycles. The predicted molar refractivity (Wildman–Crippen MR) is 142 cm³/mol. The molecule has 40 heavy (non-hydrogen) atoms. The van der Waals surface area contributed by atoms with Gasteiger partial charge in [0.2, 0.25) is 11.6 Å². The summed E-state index contributed by atoms with van der Waals surface area (Å²) in [5.74, 6) is -0.925. The number of carbonyl (C=O) groups is 1. The molecular weight excluding hydrogens is 573 g/mol. The van der Waals surface area contributed by atoms with E-state index < -0.39 is 62.9 Å². The topological polar surface area (TPSA) is 226 Å². The van der Waals surface area contributed by atoms with Gasteiger partial charge in [0.05, 0.1) is 25.4 Å². The Bertz CT molecular complexity index is 1400. The number of H-pyrrole nitrogens is 1. The normalized spacial score (nSPS) is 16.3. The van der Waals surface area contributed by atoms with Crippen molar-refractivity contribution < 1.29 is 38.1 Å². The Balaban J connectivity index is 1.83. The highest BCUT2D eigenvalue weighted by molar-refractivity contribution is 7.52. The van der Waals surface area contributed by atoms with Crippen molar-refractivity contribution in [2.45, 2.75) is 58.2 Å². The van der Waals surface area contributed by atoms with Gasteiger partial charge in [-0.05, 0) is 52.0 Å². The van der Waals surface area contributed by atoms with Gasteiger partial charge in [-0.2, -0.15) is 9.60 Å². The van der Waals surface area contributed by atoms with Crippen LogP contribution in [0, 0.1) is 0 Å². The van der Waals surface area contributed by atoms with Gasteiger partial charge in [-0.15, -0.1) is 15.3 Å². The van der Waals surface area contributed by atoms with Crippen molar-refractivity contribution in [3.05, 3.63) is 45.5 Å². The molecule has 16 nitrogen and oxygen atoms in total. The van der Waals surface area contributed by atoms with Crippen LogP contribution in [0.4, 0.5) is 5.95 Å². The van der Waals surface area contributed by atoms with Gasteiger partial charge < -0.3 is 29.9 Å². The fraction of sp³-hybridized carbons (Fsp3) is 0.500. The van der Waals surface area contributed by atoms with E-state index in [9.17, 15) is 24.4 Å². The molecular formula is C22H31ClN7O9P. The van der Waals surface area contributed by atoms with Crippen LogP contribution in [-0.4, -0.2) is 78.5 Å². The summed E-state index contributed by atoms with van der Waals surface area (Å²) < 4.78 is 36.9. The van der Waals surface area contributed by atoms with E-state index >= 15 is 0 Å². The number of nitrogens with two attached hydrogens (primary N) is 1. The molecule has 0 aliphatic rings. The number of halogens is 1. The van der Waals surface area contributed by atoms with E-state index in [1.165, 1.54) is 38.1 Å². The fourth-order valence-corrected chi connectivity index (χ4v) is 4.87. The quantitative estimate of drug-likeness (QED) is 0.128. The molecule has 220 valence electrons. The van der Waals surface area contributed by atoms with Crippen molar-refractivity contribution in [3.8, 4) is 5.75 Å². The number of aromatic nitrogens is 5. The third kappa shape index (κ3) is 8.20. The first kappa shape index (κ1) is 31.4. The number of carbonyl (C=O) groups excluding carboxylic acids is 1.